The van der Waals surface area contributed by atoms with E-state index in [0.29, 0.717) is 16.1 Å². The van der Waals surface area contributed by atoms with E-state index >= 15 is 0 Å². The summed E-state index contributed by atoms with van der Waals surface area (Å²) in [4.78, 5) is 29.5. The fourth-order valence-corrected chi connectivity index (χ4v) is 3.63. The third kappa shape index (κ3) is 3.35. The predicted octanol–water partition coefficient (Wildman–Crippen LogP) is 3.60. The van der Waals surface area contributed by atoms with Crippen LogP contribution in [0.5, 0.6) is 0 Å². The molecule has 0 aliphatic heterocycles. The predicted molar refractivity (Wildman–Crippen MR) is 100 cm³/mol. The zero-order valence-corrected chi connectivity index (χ0v) is 14.6. The van der Waals surface area contributed by atoms with Gasteiger partial charge in [0.05, 0.1) is 22.3 Å². The lowest BCUT2D eigenvalue weighted by atomic mass is 10.2. The number of hydrogen-bond donors (Lipinski definition) is 1. The van der Waals surface area contributed by atoms with Crippen molar-refractivity contribution in [2.45, 2.75) is 24.0 Å². The molecule has 5 nitrogen and oxygen atoms in total. The first-order chi connectivity index (χ1) is 12.6. The minimum Gasteiger partial charge on any atom is -0.323 e. The number of anilines is 1. The summed E-state index contributed by atoms with van der Waals surface area (Å²) < 4.78 is 15.3. The van der Waals surface area contributed by atoms with Gasteiger partial charge in [-0.15, -0.1) is 0 Å². The van der Waals surface area contributed by atoms with E-state index in [-0.39, 0.29) is 28.9 Å². The van der Waals surface area contributed by atoms with Gasteiger partial charge in [-0.3, -0.25) is 14.2 Å². The molecular weight excluding hydrogens is 353 g/mol. The van der Waals surface area contributed by atoms with Crippen LogP contribution >= 0.6 is 11.8 Å². The molecule has 7 heteroatoms. The van der Waals surface area contributed by atoms with E-state index in [1.54, 1.807) is 28.8 Å². The first-order valence-corrected chi connectivity index (χ1v) is 9.30. The Morgan fingerprint density at radius 3 is 2.69 bits per heavy atom. The van der Waals surface area contributed by atoms with Gasteiger partial charge in [-0.25, -0.2) is 9.37 Å². The number of carbonyl (C=O) groups is 1. The summed E-state index contributed by atoms with van der Waals surface area (Å²) in [6.07, 6.45) is 1.88. The molecular formula is C19H16FN3O2S. The molecule has 0 atom stereocenters. The summed E-state index contributed by atoms with van der Waals surface area (Å²) >= 11 is 1.19. The molecule has 1 aliphatic carbocycles. The number of aromatic nitrogens is 2. The van der Waals surface area contributed by atoms with Crippen LogP contribution in [0.2, 0.25) is 0 Å². The van der Waals surface area contributed by atoms with Gasteiger partial charge in [-0.05, 0) is 37.1 Å². The van der Waals surface area contributed by atoms with Gasteiger partial charge in [-0.2, -0.15) is 0 Å². The van der Waals surface area contributed by atoms with Crippen LogP contribution in [0.15, 0.2) is 58.5 Å². The third-order valence-electron chi connectivity index (χ3n) is 4.17. The molecule has 1 aliphatic rings. The van der Waals surface area contributed by atoms with Crippen molar-refractivity contribution in [1.82, 2.24) is 9.55 Å². The van der Waals surface area contributed by atoms with E-state index in [2.05, 4.69) is 10.3 Å². The molecule has 3 aromatic rings. The summed E-state index contributed by atoms with van der Waals surface area (Å²) in [5.74, 6) is -0.777. The Bertz CT molecular complexity index is 1050. The highest BCUT2D eigenvalue weighted by Gasteiger charge is 2.28. The van der Waals surface area contributed by atoms with Crippen LogP contribution in [0, 0.1) is 5.82 Å². The Labute approximate surface area is 153 Å². The largest absolute Gasteiger partial charge is 0.323 e. The van der Waals surface area contributed by atoms with Crippen LogP contribution in [0.1, 0.15) is 18.9 Å². The number of fused-ring (bicyclic) bond motifs is 1. The molecule has 0 unspecified atom stereocenters. The van der Waals surface area contributed by atoms with Gasteiger partial charge in [0.25, 0.3) is 5.56 Å². The molecule has 0 spiro atoms. The zero-order chi connectivity index (χ0) is 18.1. The summed E-state index contributed by atoms with van der Waals surface area (Å²) in [6, 6.07) is 13.4. The fraction of sp³-hybridized carbons (Fsp3) is 0.211. The lowest BCUT2D eigenvalue weighted by molar-refractivity contribution is -0.113. The summed E-state index contributed by atoms with van der Waals surface area (Å²) in [5.41, 5.74) is 0.686. The molecule has 132 valence electrons. The van der Waals surface area contributed by atoms with Gasteiger partial charge in [0, 0.05) is 6.04 Å². The van der Waals surface area contributed by atoms with Gasteiger partial charge < -0.3 is 5.32 Å². The maximum atomic E-state index is 13.6. The number of benzene rings is 2. The zero-order valence-electron chi connectivity index (χ0n) is 13.8. The normalized spacial score (nSPS) is 13.7. The van der Waals surface area contributed by atoms with Crippen molar-refractivity contribution in [2.24, 2.45) is 0 Å². The van der Waals surface area contributed by atoms with Crippen molar-refractivity contribution < 1.29 is 9.18 Å². The van der Waals surface area contributed by atoms with Crippen molar-refractivity contribution in [3.8, 4) is 0 Å². The molecule has 4 rings (SSSR count). The van der Waals surface area contributed by atoms with Crippen LogP contribution in [0.3, 0.4) is 0 Å². The van der Waals surface area contributed by atoms with Crippen molar-refractivity contribution in [3.63, 3.8) is 0 Å². The van der Waals surface area contributed by atoms with E-state index in [4.69, 9.17) is 0 Å². The quantitative estimate of drug-likeness (QED) is 0.551. The average molecular weight is 369 g/mol. The summed E-state index contributed by atoms with van der Waals surface area (Å²) in [6.45, 7) is 0. The first-order valence-electron chi connectivity index (χ1n) is 8.32. The van der Waals surface area contributed by atoms with Gasteiger partial charge in [0.15, 0.2) is 5.16 Å². The monoisotopic (exact) mass is 369 g/mol. The second-order valence-corrected chi connectivity index (χ2v) is 7.08. The van der Waals surface area contributed by atoms with Crippen LogP contribution in [0.4, 0.5) is 10.1 Å². The highest BCUT2D eigenvalue weighted by molar-refractivity contribution is 7.99. The average Bonchev–Trinajstić information content (AvgIpc) is 3.47. The summed E-state index contributed by atoms with van der Waals surface area (Å²) in [7, 11) is 0. The Morgan fingerprint density at radius 2 is 1.92 bits per heavy atom. The molecule has 0 bridgehead atoms. The van der Waals surface area contributed by atoms with Gasteiger partial charge in [-0.1, -0.05) is 36.0 Å². The molecule has 0 saturated heterocycles. The molecule has 1 amide bonds. The van der Waals surface area contributed by atoms with Gasteiger partial charge >= 0.3 is 0 Å². The number of nitrogens with one attached hydrogen (secondary N) is 1. The van der Waals surface area contributed by atoms with Crippen molar-refractivity contribution in [2.75, 3.05) is 11.1 Å². The fourth-order valence-electron chi connectivity index (χ4n) is 2.76. The Hall–Kier alpha value is -2.67. The molecule has 0 radical (unpaired) electrons. The van der Waals surface area contributed by atoms with Crippen molar-refractivity contribution in [3.05, 3.63) is 64.7 Å². The summed E-state index contributed by atoms with van der Waals surface area (Å²) in [5, 5.41) is 3.66. The SMILES string of the molecule is O=C(CSc1nc2ccccc2c(=O)n1C1CC1)Nc1ccccc1F. The van der Waals surface area contributed by atoms with Crippen LogP contribution in [0.25, 0.3) is 10.9 Å². The van der Waals surface area contributed by atoms with Crippen molar-refractivity contribution in [1.29, 1.82) is 0 Å². The first kappa shape index (κ1) is 16.8. The van der Waals surface area contributed by atoms with Gasteiger partial charge in [0.2, 0.25) is 5.91 Å². The lowest BCUT2D eigenvalue weighted by Crippen LogP contribution is -2.23. The van der Waals surface area contributed by atoms with E-state index < -0.39 is 5.82 Å². The maximum Gasteiger partial charge on any atom is 0.262 e. The lowest BCUT2D eigenvalue weighted by Gasteiger charge is -2.12. The second-order valence-electron chi connectivity index (χ2n) is 6.13. The smallest absolute Gasteiger partial charge is 0.262 e. The van der Waals surface area contributed by atoms with E-state index in [0.717, 1.165) is 12.8 Å². The number of rotatable bonds is 5. The highest BCUT2D eigenvalue weighted by atomic mass is 32.2. The van der Waals surface area contributed by atoms with Crippen LogP contribution in [-0.4, -0.2) is 21.2 Å². The Kier molecular flexibility index (Phi) is 4.46. The highest BCUT2D eigenvalue weighted by Crippen LogP contribution is 2.36. The van der Waals surface area contributed by atoms with E-state index in [1.807, 2.05) is 12.1 Å². The molecule has 1 N–H and O–H groups in total. The number of thioether (sulfide) groups is 1. The molecule has 2 aromatic carbocycles. The maximum absolute atomic E-state index is 13.6. The van der Waals surface area contributed by atoms with E-state index in [1.165, 1.54) is 23.9 Å². The second kappa shape index (κ2) is 6.92. The number of halogens is 1. The molecule has 26 heavy (non-hydrogen) atoms. The van der Waals surface area contributed by atoms with Crippen LogP contribution in [-0.2, 0) is 4.79 Å². The Morgan fingerprint density at radius 1 is 1.19 bits per heavy atom. The standard InChI is InChI=1S/C19H16FN3O2S/c20-14-6-2-4-8-16(14)21-17(24)11-26-19-22-15-7-3-1-5-13(15)18(25)23(19)12-9-10-12/h1-8,12H,9-11H2,(H,21,24). The minimum atomic E-state index is -0.482. The van der Waals surface area contributed by atoms with Crippen molar-refractivity contribution >= 4 is 34.3 Å². The topological polar surface area (TPSA) is 64.0 Å². The Balaban J connectivity index is 1.57. The third-order valence-corrected chi connectivity index (χ3v) is 5.12. The van der Waals surface area contributed by atoms with Crippen LogP contribution < -0.4 is 10.9 Å². The molecule has 1 heterocycles. The number of carbonyl (C=O) groups excluding carboxylic acids is 1. The minimum absolute atomic E-state index is 0.0475. The molecule has 1 saturated carbocycles. The molecule has 1 aromatic heterocycles. The van der Waals surface area contributed by atoms with E-state index in [9.17, 15) is 14.0 Å². The number of hydrogen-bond acceptors (Lipinski definition) is 4. The molecule has 1 fully saturated rings. The van der Waals surface area contributed by atoms with Gasteiger partial charge in [0.1, 0.15) is 5.82 Å². The number of nitrogens with zero attached hydrogens (tertiary/aromatic N) is 2. The number of para-hydroxylation sites is 2. The number of amides is 1.